The molecule has 0 unspecified atom stereocenters. The maximum absolute atomic E-state index is 9.00. The predicted octanol–water partition coefficient (Wildman–Crippen LogP) is 1.76. The van der Waals surface area contributed by atoms with Crippen molar-refractivity contribution in [3.63, 3.8) is 0 Å². The van der Waals surface area contributed by atoms with Gasteiger partial charge >= 0.3 is 0 Å². The lowest BCUT2D eigenvalue weighted by molar-refractivity contribution is 0.184. The molecule has 1 heterocycles. The molecule has 0 aliphatic rings. The standard InChI is InChI=1S/C8H13NOS/c1-6(10)3-4-8-5-11-7(2)9-8/h5-6,10H,3-4H2,1-2H3/t6-/m1/s1. The van der Waals surface area contributed by atoms with E-state index < -0.39 is 0 Å². The van der Waals surface area contributed by atoms with Crippen molar-refractivity contribution in [2.24, 2.45) is 0 Å². The smallest absolute Gasteiger partial charge is 0.0897 e. The van der Waals surface area contributed by atoms with Crippen LogP contribution in [0.1, 0.15) is 24.0 Å². The Morgan fingerprint density at radius 2 is 2.45 bits per heavy atom. The van der Waals surface area contributed by atoms with Crippen molar-refractivity contribution >= 4 is 11.3 Å². The van der Waals surface area contributed by atoms with Gasteiger partial charge in [-0.1, -0.05) is 0 Å². The lowest BCUT2D eigenvalue weighted by Gasteiger charge is -1.99. The fourth-order valence-electron chi connectivity index (χ4n) is 0.880. The minimum absolute atomic E-state index is 0.211. The molecular formula is C8H13NOS. The second kappa shape index (κ2) is 3.83. The first kappa shape index (κ1) is 8.68. The molecule has 0 radical (unpaired) electrons. The van der Waals surface area contributed by atoms with E-state index in [2.05, 4.69) is 10.4 Å². The first-order valence-corrected chi connectivity index (χ1v) is 4.65. The summed E-state index contributed by atoms with van der Waals surface area (Å²) >= 11 is 1.66. The molecule has 0 aliphatic heterocycles. The Kier molecular flexibility index (Phi) is 3.02. The molecule has 1 aromatic rings. The Morgan fingerprint density at radius 1 is 1.73 bits per heavy atom. The van der Waals surface area contributed by atoms with Crippen molar-refractivity contribution in [1.29, 1.82) is 0 Å². The summed E-state index contributed by atoms with van der Waals surface area (Å²) in [6, 6.07) is 0. The van der Waals surface area contributed by atoms with E-state index in [4.69, 9.17) is 5.11 Å². The molecule has 0 saturated heterocycles. The largest absolute Gasteiger partial charge is 0.393 e. The highest BCUT2D eigenvalue weighted by molar-refractivity contribution is 7.09. The first-order chi connectivity index (χ1) is 5.18. The van der Waals surface area contributed by atoms with Gasteiger partial charge in [-0.05, 0) is 26.7 Å². The number of aliphatic hydroxyl groups excluding tert-OH is 1. The fraction of sp³-hybridized carbons (Fsp3) is 0.625. The van der Waals surface area contributed by atoms with Gasteiger partial charge in [0, 0.05) is 5.38 Å². The van der Waals surface area contributed by atoms with Gasteiger partial charge in [0.15, 0.2) is 0 Å². The van der Waals surface area contributed by atoms with Crippen LogP contribution in [-0.2, 0) is 6.42 Å². The summed E-state index contributed by atoms with van der Waals surface area (Å²) in [5.41, 5.74) is 1.11. The van der Waals surface area contributed by atoms with E-state index in [9.17, 15) is 0 Å². The molecule has 0 fully saturated rings. The highest BCUT2D eigenvalue weighted by Crippen LogP contribution is 2.10. The van der Waals surface area contributed by atoms with Gasteiger partial charge in [0.05, 0.1) is 16.8 Å². The van der Waals surface area contributed by atoms with E-state index in [1.807, 2.05) is 6.92 Å². The maximum atomic E-state index is 9.00. The molecule has 0 amide bonds. The third kappa shape index (κ3) is 2.99. The average Bonchev–Trinajstić information content (AvgIpc) is 2.31. The summed E-state index contributed by atoms with van der Waals surface area (Å²) < 4.78 is 0. The Labute approximate surface area is 70.9 Å². The van der Waals surface area contributed by atoms with Gasteiger partial charge in [0.1, 0.15) is 0 Å². The topological polar surface area (TPSA) is 33.1 Å². The number of thiazole rings is 1. The average molecular weight is 171 g/mol. The van der Waals surface area contributed by atoms with E-state index in [-0.39, 0.29) is 6.10 Å². The minimum Gasteiger partial charge on any atom is -0.393 e. The van der Waals surface area contributed by atoms with Crippen molar-refractivity contribution in [2.45, 2.75) is 32.8 Å². The molecule has 62 valence electrons. The summed E-state index contributed by atoms with van der Waals surface area (Å²) in [4.78, 5) is 4.29. The molecule has 0 aliphatic carbocycles. The summed E-state index contributed by atoms with van der Waals surface area (Å²) in [6.45, 7) is 3.80. The Morgan fingerprint density at radius 3 is 2.91 bits per heavy atom. The second-order valence-electron chi connectivity index (χ2n) is 2.75. The third-order valence-corrected chi connectivity index (χ3v) is 2.31. The number of rotatable bonds is 3. The number of aromatic nitrogens is 1. The van der Waals surface area contributed by atoms with Crippen LogP contribution in [0.2, 0.25) is 0 Å². The zero-order valence-electron chi connectivity index (χ0n) is 6.87. The first-order valence-electron chi connectivity index (χ1n) is 3.77. The summed E-state index contributed by atoms with van der Waals surface area (Å²) in [5.74, 6) is 0. The molecule has 3 heteroatoms. The van der Waals surface area contributed by atoms with Gasteiger partial charge in [-0.25, -0.2) is 4.98 Å². The monoisotopic (exact) mass is 171 g/mol. The third-order valence-electron chi connectivity index (χ3n) is 1.48. The molecule has 1 atom stereocenters. The van der Waals surface area contributed by atoms with E-state index in [1.54, 1.807) is 18.3 Å². The Bertz CT molecular complexity index is 220. The normalized spacial score (nSPS) is 13.4. The molecule has 1 rings (SSSR count). The van der Waals surface area contributed by atoms with Gasteiger partial charge in [-0.15, -0.1) is 11.3 Å². The fourth-order valence-corrected chi connectivity index (χ4v) is 1.53. The number of aryl methyl sites for hydroxylation is 2. The van der Waals surface area contributed by atoms with Crippen LogP contribution in [0, 0.1) is 6.92 Å². The van der Waals surface area contributed by atoms with Crippen molar-refractivity contribution in [3.05, 3.63) is 16.1 Å². The summed E-state index contributed by atoms with van der Waals surface area (Å²) in [5, 5.41) is 12.2. The van der Waals surface area contributed by atoms with Crippen LogP contribution in [0.25, 0.3) is 0 Å². The number of hydrogen-bond donors (Lipinski definition) is 1. The van der Waals surface area contributed by atoms with E-state index in [0.29, 0.717) is 0 Å². The van der Waals surface area contributed by atoms with Crippen LogP contribution < -0.4 is 0 Å². The minimum atomic E-state index is -0.211. The van der Waals surface area contributed by atoms with Gasteiger partial charge < -0.3 is 5.11 Å². The van der Waals surface area contributed by atoms with Crippen molar-refractivity contribution < 1.29 is 5.11 Å². The van der Waals surface area contributed by atoms with E-state index in [1.165, 1.54) is 0 Å². The van der Waals surface area contributed by atoms with E-state index >= 15 is 0 Å². The van der Waals surface area contributed by atoms with Gasteiger partial charge in [0.25, 0.3) is 0 Å². The zero-order chi connectivity index (χ0) is 8.27. The lowest BCUT2D eigenvalue weighted by atomic mass is 10.2. The molecule has 2 nitrogen and oxygen atoms in total. The Hall–Kier alpha value is -0.410. The molecule has 0 spiro atoms. The maximum Gasteiger partial charge on any atom is 0.0897 e. The van der Waals surface area contributed by atoms with Crippen LogP contribution in [-0.4, -0.2) is 16.2 Å². The number of nitrogens with zero attached hydrogens (tertiary/aromatic N) is 1. The Balaban J connectivity index is 2.39. The number of hydrogen-bond acceptors (Lipinski definition) is 3. The SMILES string of the molecule is Cc1nc(CC[C@@H](C)O)cs1. The number of aliphatic hydroxyl groups is 1. The van der Waals surface area contributed by atoms with Gasteiger partial charge in [-0.3, -0.25) is 0 Å². The molecule has 11 heavy (non-hydrogen) atoms. The molecule has 1 N–H and O–H groups in total. The van der Waals surface area contributed by atoms with Crippen molar-refractivity contribution in [2.75, 3.05) is 0 Å². The lowest BCUT2D eigenvalue weighted by Crippen LogP contribution is -2.01. The van der Waals surface area contributed by atoms with Crippen molar-refractivity contribution in [1.82, 2.24) is 4.98 Å². The van der Waals surface area contributed by atoms with Crippen LogP contribution in [0.5, 0.6) is 0 Å². The van der Waals surface area contributed by atoms with Crippen LogP contribution in [0.3, 0.4) is 0 Å². The highest BCUT2D eigenvalue weighted by Gasteiger charge is 2.00. The predicted molar refractivity (Wildman–Crippen MR) is 46.9 cm³/mol. The zero-order valence-corrected chi connectivity index (χ0v) is 7.69. The van der Waals surface area contributed by atoms with Crippen molar-refractivity contribution in [3.8, 4) is 0 Å². The molecule has 1 aromatic heterocycles. The van der Waals surface area contributed by atoms with Gasteiger partial charge in [0.2, 0.25) is 0 Å². The quantitative estimate of drug-likeness (QED) is 0.751. The van der Waals surface area contributed by atoms with Crippen LogP contribution >= 0.6 is 11.3 Å². The molecular weight excluding hydrogens is 158 g/mol. The molecule has 0 bridgehead atoms. The second-order valence-corrected chi connectivity index (χ2v) is 3.81. The van der Waals surface area contributed by atoms with Crippen LogP contribution in [0.4, 0.5) is 0 Å². The highest BCUT2D eigenvalue weighted by atomic mass is 32.1. The molecule has 0 aromatic carbocycles. The summed E-state index contributed by atoms with van der Waals surface area (Å²) in [6.07, 6.45) is 1.49. The molecule has 0 saturated carbocycles. The van der Waals surface area contributed by atoms with Gasteiger partial charge in [-0.2, -0.15) is 0 Å². The van der Waals surface area contributed by atoms with E-state index in [0.717, 1.165) is 23.5 Å². The summed E-state index contributed by atoms with van der Waals surface area (Å²) in [7, 11) is 0. The van der Waals surface area contributed by atoms with Crippen LogP contribution in [0.15, 0.2) is 5.38 Å².